The molecule has 170 valence electrons. The van der Waals surface area contributed by atoms with E-state index in [-0.39, 0.29) is 36.6 Å². The molecule has 0 aromatic heterocycles. The number of hydrogen-bond donors (Lipinski definition) is 0. The van der Waals surface area contributed by atoms with Crippen molar-refractivity contribution < 1.29 is 25.2 Å². The second-order valence-electron chi connectivity index (χ2n) is 7.63. The molecule has 6 nitrogen and oxygen atoms in total. The second-order valence-corrected chi connectivity index (χ2v) is 11.0. The van der Waals surface area contributed by atoms with Crippen molar-refractivity contribution in [3.8, 4) is 0 Å². The van der Waals surface area contributed by atoms with E-state index in [1.165, 1.54) is 0 Å². The van der Waals surface area contributed by atoms with Crippen molar-refractivity contribution >= 4 is 20.2 Å². The highest BCUT2D eigenvalue weighted by atomic mass is 32.2. The first-order valence-corrected chi connectivity index (χ1v) is 14.1. The Morgan fingerprint density at radius 1 is 0.607 bits per heavy atom. The molecule has 0 aliphatic carbocycles. The van der Waals surface area contributed by atoms with Gasteiger partial charge in [0.1, 0.15) is 0 Å². The molecule has 0 aromatic carbocycles. The summed E-state index contributed by atoms with van der Waals surface area (Å²) < 4.78 is 58.3. The first kappa shape index (κ1) is 27.8. The lowest BCUT2D eigenvalue weighted by molar-refractivity contribution is 0.266. The van der Waals surface area contributed by atoms with E-state index in [9.17, 15) is 16.8 Å². The topological polar surface area (TPSA) is 86.7 Å². The van der Waals surface area contributed by atoms with E-state index < -0.39 is 20.2 Å². The Hall–Kier alpha value is -0.180. The summed E-state index contributed by atoms with van der Waals surface area (Å²) in [5.41, 5.74) is 0. The maximum absolute atomic E-state index is 12.0. The van der Waals surface area contributed by atoms with Crippen LogP contribution in [0.5, 0.6) is 0 Å². The van der Waals surface area contributed by atoms with Gasteiger partial charge in [0, 0.05) is 0 Å². The van der Waals surface area contributed by atoms with Crippen molar-refractivity contribution in [2.45, 2.75) is 91.9 Å². The third kappa shape index (κ3) is 14.8. The number of rotatable bonds is 19. The molecule has 2 atom stereocenters. The number of hydrogen-bond acceptors (Lipinski definition) is 6. The highest BCUT2D eigenvalue weighted by Crippen LogP contribution is 2.17. The van der Waals surface area contributed by atoms with E-state index >= 15 is 0 Å². The van der Waals surface area contributed by atoms with Crippen LogP contribution in [-0.4, -0.2) is 41.6 Å². The average Bonchev–Trinajstić information content (AvgIpc) is 2.64. The fourth-order valence-electron chi connectivity index (χ4n) is 3.05. The molecule has 0 aromatic rings. The van der Waals surface area contributed by atoms with Gasteiger partial charge in [0.25, 0.3) is 20.2 Å². The summed E-state index contributed by atoms with van der Waals surface area (Å²) in [5.74, 6) is 0.394. The van der Waals surface area contributed by atoms with Gasteiger partial charge in [-0.05, 0) is 37.5 Å². The first-order valence-electron chi connectivity index (χ1n) is 10.9. The molecule has 0 amide bonds. The van der Waals surface area contributed by atoms with Crippen molar-refractivity contribution in [2.24, 2.45) is 11.8 Å². The van der Waals surface area contributed by atoms with E-state index in [1.807, 2.05) is 13.8 Å². The Morgan fingerprint density at radius 3 is 1.25 bits per heavy atom. The van der Waals surface area contributed by atoms with E-state index in [1.54, 1.807) is 0 Å². The summed E-state index contributed by atoms with van der Waals surface area (Å²) in [7, 11) is -7.05. The molecule has 0 radical (unpaired) electrons. The van der Waals surface area contributed by atoms with Crippen LogP contribution in [0.2, 0.25) is 0 Å². The predicted molar refractivity (Wildman–Crippen MR) is 115 cm³/mol. The highest BCUT2D eigenvalue weighted by Gasteiger charge is 2.20. The van der Waals surface area contributed by atoms with Gasteiger partial charge >= 0.3 is 0 Å². The van der Waals surface area contributed by atoms with E-state index in [0.29, 0.717) is 12.8 Å². The minimum atomic E-state index is -3.53. The van der Waals surface area contributed by atoms with Crippen molar-refractivity contribution in [1.29, 1.82) is 0 Å². The second kappa shape index (κ2) is 15.6. The van der Waals surface area contributed by atoms with Gasteiger partial charge in [0.05, 0.1) is 24.7 Å². The zero-order chi connectivity index (χ0) is 21.5. The van der Waals surface area contributed by atoms with E-state index in [2.05, 4.69) is 13.8 Å². The summed E-state index contributed by atoms with van der Waals surface area (Å²) in [6, 6.07) is 0. The SMILES string of the molecule is CCCC[C@H](CC)CS(=O)(=O)OCCCCOS(=O)(=O)C[C@@H](CC)CCCC. The largest absolute Gasteiger partial charge is 0.270 e. The summed E-state index contributed by atoms with van der Waals surface area (Å²) in [6.45, 7) is 8.33. The average molecular weight is 443 g/mol. The van der Waals surface area contributed by atoms with Gasteiger partial charge in [0.2, 0.25) is 0 Å². The molecule has 0 heterocycles. The fraction of sp³-hybridized carbons (Fsp3) is 1.00. The van der Waals surface area contributed by atoms with Gasteiger partial charge in [-0.3, -0.25) is 8.37 Å². The molecule has 28 heavy (non-hydrogen) atoms. The molecular weight excluding hydrogens is 400 g/mol. The lowest BCUT2D eigenvalue weighted by Crippen LogP contribution is -2.20. The Bertz CT molecular complexity index is 520. The molecular formula is C20H42O6S2. The Morgan fingerprint density at radius 2 is 0.964 bits per heavy atom. The maximum Gasteiger partial charge on any atom is 0.267 e. The molecule has 0 aliphatic heterocycles. The summed E-state index contributed by atoms with van der Waals surface area (Å²) in [6.07, 6.45) is 8.51. The van der Waals surface area contributed by atoms with Gasteiger partial charge < -0.3 is 0 Å². The zero-order valence-electron chi connectivity index (χ0n) is 18.3. The smallest absolute Gasteiger partial charge is 0.267 e. The third-order valence-electron chi connectivity index (χ3n) is 5.03. The molecule has 0 fully saturated rings. The van der Waals surface area contributed by atoms with Gasteiger partial charge in [-0.1, -0.05) is 66.2 Å². The van der Waals surface area contributed by atoms with Crippen LogP contribution >= 0.6 is 0 Å². The predicted octanol–water partition coefficient (Wildman–Crippen LogP) is 4.89. The van der Waals surface area contributed by atoms with Crippen molar-refractivity contribution in [1.82, 2.24) is 0 Å². The fourth-order valence-corrected chi connectivity index (χ4v) is 5.94. The molecule has 0 aliphatic rings. The standard InChI is InChI=1S/C20H42O6S2/c1-5-9-13-19(7-3)17-27(21,22)25-15-11-12-16-26-28(23,24)18-20(8-4)14-10-6-2/h19-20H,5-18H2,1-4H3/t19-,20-/m0/s1. The van der Waals surface area contributed by atoms with E-state index in [0.717, 1.165) is 51.4 Å². The molecule has 0 bridgehead atoms. The van der Waals surface area contributed by atoms with Crippen LogP contribution in [0.4, 0.5) is 0 Å². The quantitative estimate of drug-likeness (QED) is 0.209. The van der Waals surface area contributed by atoms with Crippen molar-refractivity contribution in [2.75, 3.05) is 24.7 Å². The van der Waals surface area contributed by atoms with Crippen molar-refractivity contribution in [3.63, 3.8) is 0 Å². The Balaban J connectivity index is 4.08. The molecule has 0 saturated heterocycles. The third-order valence-corrected chi connectivity index (χ3v) is 7.84. The minimum absolute atomic E-state index is 0.0601. The van der Waals surface area contributed by atoms with Crippen LogP contribution < -0.4 is 0 Å². The van der Waals surface area contributed by atoms with Gasteiger partial charge in [-0.2, -0.15) is 16.8 Å². The van der Waals surface area contributed by atoms with Gasteiger partial charge in [-0.15, -0.1) is 0 Å². The normalized spacial score (nSPS) is 14.9. The van der Waals surface area contributed by atoms with Crippen molar-refractivity contribution in [3.05, 3.63) is 0 Å². The van der Waals surface area contributed by atoms with E-state index in [4.69, 9.17) is 8.37 Å². The van der Waals surface area contributed by atoms with Crippen LogP contribution in [0.1, 0.15) is 91.9 Å². The van der Waals surface area contributed by atoms with Crippen LogP contribution in [0.3, 0.4) is 0 Å². The molecule has 0 N–H and O–H groups in total. The molecule has 0 rings (SSSR count). The lowest BCUT2D eigenvalue weighted by Gasteiger charge is -2.15. The molecule has 0 unspecified atom stereocenters. The maximum atomic E-state index is 12.0. The summed E-state index contributed by atoms with van der Waals surface area (Å²) >= 11 is 0. The number of unbranched alkanes of at least 4 members (excludes halogenated alkanes) is 3. The summed E-state index contributed by atoms with van der Waals surface area (Å²) in [4.78, 5) is 0. The molecule has 8 heteroatoms. The van der Waals surface area contributed by atoms with Crippen LogP contribution in [0, 0.1) is 11.8 Å². The first-order chi connectivity index (χ1) is 13.2. The van der Waals surface area contributed by atoms with Gasteiger partial charge in [-0.25, -0.2) is 0 Å². The monoisotopic (exact) mass is 442 g/mol. The lowest BCUT2D eigenvalue weighted by atomic mass is 10.0. The van der Waals surface area contributed by atoms with Crippen LogP contribution in [-0.2, 0) is 28.6 Å². The Labute approximate surface area is 174 Å². The molecule has 0 saturated carbocycles. The zero-order valence-corrected chi connectivity index (χ0v) is 20.0. The highest BCUT2D eigenvalue weighted by molar-refractivity contribution is 7.86. The van der Waals surface area contributed by atoms with Crippen LogP contribution in [0.25, 0.3) is 0 Å². The molecule has 0 spiro atoms. The van der Waals surface area contributed by atoms with Crippen LogP contribution in [0.15, 0.2) is 0 Å². The summed E-state index contributed by atoms with van der Waals surface area (Å²) in [5, 5.41) is 0. The Kier molecular flexibility index (Phi) is 15.5. The van der Waals surface area contributed by atoms with Gasteiger partial charge in [0.15, 0.2) is 0 Å². The minimum Gasteiger partial charge on any atom is -0.270 e.